The number of amides is 1. The summed E-state index contributed by atoms with van der Waals surface area (Å²) in [6.45, 7) is 3.71. The first-order valence-electron chi connectivity index (χ1n) is 6.15. The van der Waals surface area contributed by atoms with E-state index in [2.05, 4.69) is 22.5 Å². The van der Waals surface area contributed by atoms with Crippen LogP contribution >= 0.6 is 0 Å². The Hall–Kier alpha value is -1.42. The van der Waals surface area contributed by atoms with Crippen LogP contribution < -0.4 is 10.6 Å². The zero-order chi connectivity index (χ0) is 12.1. The molecule has 2 heterocycles. The van der Waals surface area contributed by atoms with Gasteiger partial charge in [-0.1, -0.05) is 6.92 Å². The van der Waals surface area contributed by atoms with E-state index in [1.165, 1.54) is 0 Å². The normalized spacial score (nSPS) is 24.3. The maximum absolute atomic E-state index is 11.9. The SMILES string of the molecule is CC1CCNC(C(=O)NCc2ccncc2)C1. The summed E-state index contributed by atoms with van der Waals surface area (Å²) in [6, 6.07) is 3.80. The smallest absolute Gasteiger partial charge is 0.237 e. The summed E-state index contributed by atoms with van der Waals surface area (Å²) in [4.78, 5) is 15.9. The van der Waals surface area contributed by atoms with Gasteiger partial charge >= 0.3 is 0 Å². The van der Waals surface area contributed by atoms with Crippen molar-refractivity contribution in [2.24, 2.45) is 5.92 Å². The Morgan fingerprint density at radius 3 is 3.00 bits per heavy atom. The number of nitrogens with zero attached hydrogens (tertiary/aromatic N) is 1. The van der Waals surface area contributed by atoms with Crippen molar-refractivity contribution in [3.63, 3.8) is 0 Å². The fraction of sp³-hybridized carbons (Fsp3) is 0.538. The van der Waals surface area contributed by atoms with E-state index >= 15 is 0 Å². The highest BCUT2D eigenvalue weighted by atomic mass is 16.2. The van der Waals surface area contributed by atoms with E-state index < -0.39 is 0 Å². The molecule has 0 spiro atoms. The van der Waals surface area contributed by atoms with Crippen LogP contribution in [0, 0.1) is 5.92 Å². The van der Waals surface area contributed by atoms with Gasteiger partial charge in [-0.05, 0) is 43.0 Å². The van der Waals surface area contributed by atoms with Gasteiger partial charge in [0.1, 0.15) is 0 Å². The minimum absolute atomic E-state index is 0.0272. The van der Waals surface area contributed by atoms with Crippen molar-refractivity contribution in [3.8, 4) is 0 Å². The van der Waals surface area contributed by atoms with Crippen LogP contribution in [0.5, 0.6) is 0 Å². The molecular weight excluding hydrogens is 214 g/mol. The van der Waals surface area contributed by atoms with Crippen molar-refractivity contribution in [1.29, 1.82) is 0 Å². The number of aromatic nitrogens is 1. The first-order valence-corrected chi connectivity index (χ1v) is 6.15. The average Bonchev–Trinajstić information content (AvgIpc) is 2.37. The Morgan fingerprint density at radius 1 is 1.53 bits per heavy atom. The zero-order valence-electron chi connectivity index (χ0n) is 10.1. The lowest BCUT2D eigenvalue weighted by Crippen LogP contribution is -2.48. The Morgan fingerprint density at radius 2 is 2.29 bits per heavy atom. The molecule has 0 aromatic carbocycles. The second-order valence-electron chi connectivity index (χ2n) is 4.71. The first-order chi connectivity index (χ1) is 8.25. The van der Waals surface area contributed by atoms with Crippen molar-refractivity contribution in [2.75, 3.05) is 6.54 Å². The highest BCUT2D eigenvalue weighted by Gasteiger charge is 2.23. The van der Waals surface area contributed by atoms with Crippen LogP contribution in [0.15, 0.2) is 24.5 Å². The molecule has 4 heteroatoms. The van der Waals surface area contributed by atoms with Crippen molar-refractivity contribution >= 4 is 5.91 Å². The van der Waals surface area contributed by atoms with Crippen molar-refractivity contribution in [1.82, 2.24) is 15.6 Å². The van der Waals surface area contributed by atoms with E-state index in [0.717, 1.165) is 24.9 Å². The van der Waals surface area contributed by atoms with E-state index in [1.807, 2.05) is 12.1 Å². The number of rotatable bonds is 3. The first kappa shape index (κ1) is 12.0. The molecule has 92 valence electrons. The monoisotopic (exact) mass is 233 g/mol. The van der Waals surface area contributed by atoms with Crippen molar-refractivity contribution < 1.29 is 4.79 Å². The third kappa shape index (κ3) is 3.53. The van der Waals surface area contributed by atoms with Crippen LogP contribution in [0.25, 0.3) is 0 Å². The predicted octanol–water partition coefficient (Wildman–Crippen LogP) is 1.09. The van der Waals surface area contributed by atoms with Crippen LogP contribution in [-0.2, 0) is 11.3 Å². The lowest BCUT2D eigenvalue weighted by molar-refractivity contribution is -0.124. The summed E-state index contributed by atoms with van der Waals surface area (Å²) in [5, 5.41) is 6.22. The van der Waals surface area contributed by atoms with E-state index in [-0.39, 0.29) is 11.9 Å². The third-order valence-electron chi connectivity index (χ3n) is 3.20. The molecule has 2 N–H and O–H groups in total. The van der Waals surface area contributed by atoms with Crippen molar-refractivity contribution in [3.05, 3.63) is 30.1 Å². The molecule has 0 aliphatic carbocycles. The summed E-state index contributed by atoms with van der Waals surface area (Å²) >= 11 is 0. The lowest BCUT2D eigenvalue weighted by Gasteiger charge is -2.27. The molecule has 2 atom stereocenters. The fourth-order valence-electron chi connectivity index (χ4n) is 2.12. The van der Waals surface area contributed by atoms with Crippen LogP contribution in [0.3, 0.4) is 0 Å². The van der Waals surface area contributed by atoms with Crippen LogP contribution in [-0.4, -0.2) is 23.5 Å². The summed E-state index contributed by atoms with van der Waals surface area (Å²) in [7, 11) is 0. The van der Waals surface area contributed by atoms with Gasteiger partial charge in [0.25, 0.3) is 0 Å². The minimum Gasteiger partial charge on any atom is -0.351 e. The molecule has 1 aromatic heterocycles. The zero-order valence-corrected chi connectivity index (χ0v) is 10.1. The topological polar surface area (TPSA) is 54.0 Å². The molecule has 17 heavy (non-hydrogen) atoms. The maximum atomic E-state index is 11.9. The fourth-order valence-corrected chi connectivity index (χ4v) is 2.12. The molecule has 1 aliphatic rings. The van der Waals surface area contributed by atoms with Gasteiger partial charge in [0.05, 0.1) is 6.04 Å². The van der Waals surface area contributed by atoms with Gasteiger partial charge in [-0.25, -0.2) is 0 Å². The third-order valence-corrected chi connectivity index (χ3v) is 3.20. The number of nitrogens with one attached hydrogen (secondary N) is 2. The molecule has 2 rings (SSSR count). The molecule has 1 fully saturated rings. The largest absolute Gasteiger partial charge is 0.351 e. The molecule has 1 aliphatic heterocycles. The van der Waals surface area contributed by atoms with E-state index in [0.29, 0.717) is 12.5 Å². The van der Waals surface area contributed by atoms with E-state index in [1.54, 1.807) is 12.4 Å². The van der Waals surface area contributed by atoms with Gasteiger partial charge < -0.3 is 10.6 Å². The number of hydrogen-bond acceptors (Lipinski definition) is 3. The molecule has 2 unspecified atom stereocenters. The molecule has 0 radical (unpaired) electrons. The van der Waals surface area contributed by atoms with E-state index in [9.17, 15) is 4.79 Å². The molecule has 1 amide bonds. The Bertz CT molecular complexity index is 366. The molecular formula is C13H19N3O. The van der Waals surface area contributed by atoms with Crippen LogP contribution in [0.4, 0.5) is 0 Å². The summed E-state index contributed by atoms with van der Waals surface area (Å²) in [5.74, 6) is 0.737. The van der Waals surface area contributed by atoms with Gasteiger partial charge in [-0.3, -0.25) is 9.78 Å². The van der Waals surface area contributed by atoms with Crippen LogP contribution in [0.2, 0.25) is 0 Å². The number of carbonyl (C=O) groups excluding carboxylic acids is 1. The highest BCUT2D eigenvalue weighted by molar-refractivity contribution is 5.81. The Kier molecular flexibility index (Phi) is 4.09. The minimum atomic E-state index is -0.0272. The average molecular weight is 233 g/mol. The van der Waals surface area contributed by atoms with E-state index in [4.69, 9.17) is 0 Å². The molecule has 0 bridgehead atoms. The highest BCUT2D eigenvalue weighted by Crippen LogP contribution is 2.15. The lowest BCUT2D eigenvalue weighted by atomic mass is 9.94. The summed E-state index contributed by atoms with van der Waals surface area (Å²) in [6.07, 6.45) is 5.57. The number of pyridine rings is 1. The molecule has 0 saturated carbocycles. The second kappa shape index (κ2) is 5.77. The maximum Gasteiger partial charge on any atom is 0.237 e. The Balaban J connectivity index is 1.81. The van der Waals surface area contributed by atoms with Gasteiger partial charge in [-0.2, -0.15) is 0 Å². The molecule has 1 saturated heterocycles. The van der Waals surface area contributed by atoms with Gasteiger partial charge in [0, 0.05) is 18.9 Å². The predicted molar refractivity (Wildman–Crippen MR) is 66.3 cm³/mol. The number of piperidine rings is 1. The quantitative estimate of drug-likeness (QED) is 0.821. The van der Waals surface area contributed by atoms with Gasteiger partial charge in [0.2, 0.25) is 5.91 Å². The van der Waals surface area contributed by atoms with Gasteiger partial charge in [0.15, 0.2) is 0 Å². The number of hydrogen-bond donors (Lipinski definition) is 2. The summed E-state index contributed by atoms with van der Waals surface area (Å²) in [5.41, 5.74) is 1.08. The van der Waals surface area contributed by atoms with Gasteiger partial charge in [-0.15, -0.1) is 0 Å². The summed E-state index contributed by atoms with van der Waals surface area (Å²) < 4.78 is 0. The number of carbonyl (C=O) groups is 1. The molecule has 1 aromatic rings. The Labute approximate surface area is 102 Å². The second-order valence-corrected chi connectivity index (χ2v) is 4.71. The van der Waals surface area contributed by atoms with Crippen molar-refractivity contribution in [2.45, 2.75) is 32.4 Å². The molecule has 4 nitrogen and oxygen atoms in total. The standard InChI is InChI=1S/C13H19N3O/c1-10-2-7-15-12(8-10)13(17)16-9-11-3-5-14-6-4-11/h3-6,10,12,15H,2,7-9H2,1H3,(H,16,17). The van der Waals surface area contributed by atoms with Crippen LogP contribution in [0.1, 0.15) is 25.3 Å².